The third kappa shape index (κ3) is 2.13. The van der Waals surface area contributed by atoms with E-state index in [1.54, 1.807) is 0 Å². The average molecular weight is 212 g/mol. The van der Waals surface area contributed by atoms with Crippen molar-refractivity contribution in [2.24, 2.45) is 11.5 Å². The van der Waals surface area contributed by atoms with Crippen LogP contribution in [0.15, 0.2) is 54.6 Å². The molecule has 2 rings (SSSR count). The maximum absolute atomic E-state index is 6.01. The lowest BCUT2D eigenvalue weighted by Gasteiger charge is -2.14. The summed E-state index contributed by atoms with van der Waals surface area (Å²) in [6.07, 6.45) is 0. The van der Waals surface area contributed by atoms with Gasteiger partial charge in [-0.2, -0.15) is 0 Å². The monoisotopic (exact) mass is 212 g/mol. The molecule has 0 saturated carbocycles. The lowest BCUT2D eigenvalue weighted by Crippen LogP contribution is -2.21. The zero-order valence-corrected chi connectivity index (χ0v) is 9.14. The van der Waals surface area contributed by atoms with E-state index in [0.717, 1.165) is 5.56 Å². The number of hydrogen-bond donors (Lipinski definition) is 2. The fourth-order valence-corrected chi connectivity index (χ4v) is 1.83. The first-order valence-corrected chi connectivity index (χ1v) is 5.43. The minimum absolute atomic E-state index is 0.101. The Kier molecular flexibility index (Phi) is 3.34. The van der Waals surface area contributed by atoms with Gasteiger partial charge >= 0.3 is 0 Å². The Labute approximate surface area is 95.9 Å². The molecule has 2 aromatic carbocycles. The summed E-state index contributed by atoms with van der Waals surface area (Å²) in [5.41, 5.74) is 15.1. The molecule has 0 spiro atoms. The highest BCUT2D eigenvalue weighted by atomic mass is 14.7. The molecule has 1 unspecified atom stereocenters. The third-order valence-electron chi connectivity index (χ3n) is 2.70. The standard InChI is InChI=1S/C14H16N2/c15-10-14(16)13-9-5-4-8-12(13)11-6-2-1-3-7-11/h1-9,14H,10,15-16H2. The number of benzene rings is 2. The quantitative estimate of drug-likeness (QED) is 0.820. The predicted octanol–water partition coefficient (Wildman–Crippen LogP) is 2.31. The highest BCUT2D eigenvalue weighted by Crippen LogP contribution is 2.26. The number of nitrogens with two attached hydrogens (primary N) is 2. The molecule has 0 amide bonds. The fraction of sp³-hybridized carbons (Fsp3) is 0.143. The van der Waals surface area contributed by atoms with Gasteiger partial charge in [0.1, 0.15) is 0 Å². The van der Waals surface area contributed by atoms with Crippen LogP contribution < -0.4 is 11.5 Å². The molecule has 0 saturated heterocycles. The van der Waals surface area contributed by atoms with Crippen molar-refractivity contribution in [3.63, 3.8) is 0 Å². The molecule has 0 bridgehead atoms. The summed E-state index contributed by atoms with van der Waals surface area (Å²) in [6, 6.07) is 18.3. The van der Waals surface area contributed by atoms with E-state index < -0.39 is 0 Å². The summed E-state index contributed by atoms with van der Waals surface area (Å²) in [6.45, 7) is 0.462. The molecule has 0 fully saturated rings. The third-order valence-corrected chi connectivity index (χ3v) is 2.70. The SMILES string of the molecule is NCC(N)c1ccccc1-c1ccccc1. The zero-order valence-electron chi connectivity index (χ0n) is 9.14. The summed E-state index contributed by atoms with van der Waals surface area (Å²) in [5, 5.41) is 0. The van der Waals surface area contributed by atoms with Crippen LogP contribution in [-0.2, 0) is 0 Å². The Bertz CT molecular complexity index is 451. The first-order valence-electron chi connectivity index (χ1n) is 5.43. The average Bonchev–Trinajstić information content (AvgIpc) is 2.39. The Hall–Kier alpha value is -1.64. The molecular weight excluding hydrogens is 196 g/mol. The van der Waals surface area contributed by atoms with Crippen LogP contribution in [0, 0.1) is 0 Å². The summed E-state index contributed by atoms with van der Waals surface area (Å²) >= 11 is 0. The van der Waals surface area contributed by atoms with Crippen molar-refractivity contribution >= 4 is 0 Å². The van der Waals surface area contributed by atoms with Gasteiger partial charge in [0.2, 0.25) is 0 Å². The van der Waals surface area contributed by atoms with Crippen LogP contribution in [0.4, 0.5) is 0 Å². The van der Waals surface area contributed by atoms with Gasteiger partial charge in [-0.25, -0.2) is 0 Å². The molecule has 82 valence electrons. The molecule has 16 heavy (non-hydrogen) atoms. The van der Waals surface area contributed by atoms with E-state index in [2.05, 4.69) is 18.2 Å². The minimum atomic E-state index is -0.101. The van der Waals surface area contributed by atoms with E-state index in [1.165, 1.54) is 11.1 Å². The maximum Gasteiger partial charge on any atom is 0.0425 e. The molecule has 0 heterocycles. The zero-order chi connectivity index (χ0) is 11.4. The summed E-state index contributed by atoms with van der Waals surface area (Å²) in [4.78, 5) is 0. The van der Waals surface area contributed by atoms with Gasteiger partial charge in [-0.1, -0.05) is 54.6 Å². The lowest BCUT2D eigenvalue weighted by atomic mass is 9.95. The van der Waals surface area contributed by atoms with Gasteiger partial charge in [-0.15, -0.1) is 0 Å². The second-order valence-corrected chi connectivity index (χ2v) is 3.80. The van der Waals surface area contributed by atoms with Crippen molar-refractivity contribution in [1.82, 2.24) is 0 Å². The van der Waals surface area contributed by atoms with Crippen molar-refractivity contribution in [3.05, 3.63) is 60.2 Å². The largest absolute Gasteiger partial charge is 0.329 e. The van der Waals surface area contributed by atoms with Crippen molar-refractivity contribution < 1.29 is 0 Å². The van der Waals surface area contributed by atoms with E-state index in [-0.39, 0.29) is 6.04 Å². The topological polar surface area (TPSA) is 52.0 Å². The van der Waals surface area contributed by atoms with Crippen LogP contribution in [0.3, 0.4) is 0 Å². The lowest BCUT2D eigenvalue weighted by molar-refractivity contribution is 0.739. The highest BCUT2D eigenvalue weighted by molar-refractivity contribution is 5.67. The van der Waals surface area contributed by atoms with Gasteiger partial charge in [-0.3, -0.25) is 0 Å². The molecule has 0 radical (unpaired) electrons. The molecule has 2 aromatic rings. The molecule has 0 aliphatic heterocycles. The van der Waals surface area contributed by atoms with Crippen molar-refractivity contribution in [2.75, 3.05) is 6.54 Å². The molecule has 1 atom stereocenters. The second-order valence-electron chi connectivity index (χ2n) is 3.80. The fourth-order valence-electron chi connectivity index (χ4n) is 1.83. The number of rotatable bonds is 3. The highest BCUT2D eigenvalue weighted by Gasteiger charge is 2.09. The molecule has 0 aliphatic carbocycles. The molecule has 2 heteroatoms. The molecular formula is C14H16N2. The smallest absolute Gasteiger partial charge is 0.0425 e. The Morgan fingerprint density at radius 1 is 0.875 bits per heavy atom. The normalized spacial score (nSPS) is 12.4. The van der Waals surface area contributed by atoms with Crippen LogP contribution in [0.2, 0.25) is 0 Å². The molecule has 0 aromatic heterocycles. The van der Waals surface area contributed by atoms with Gasteiger partial charge in [0.15, 0.2) is 0 Å². The van der Waals surface area contributed by atoms with E-state index >= 15 is 0 Å². The first-order chi connectivity index (χ1) is 7.83. The van der Waals surface area contributed by atoms with Crippen LogP contribution >= 0.6 is 0 Å². The van der Waals surface area contributed by atoms with Crippen molar-refractivity contribution in [3.8, 4) is 11.1 Å². The second kappa shape index (κ2) is 4.92. The Morgan fingerprint density at radius 2 is 1.50 bits per heavy atom. The number of hydrogen-bond acceptors (Lipinski definition) is 2. The van der Waals surface area contributed by atoms with Gasteiger partial charge in [0, 0.05) is 12.6 Å². The van der Waals surface area contributed by atoms with Crippen LogP contribution in [0.5, 0.6) is 0 Å². The van der Waals surface area contributed by atoms with E-state index in [1.807, 2.05) is 36.4 Å². The minimum Gasteiger partial charge on any atom is -0.329 e. The van der Waals surface area contributed by atoms with Gasteiger partial charge in [-0.05, 0) is 16.7 Å². The van der Waals surface area contributed by atoms with E-state index in [0.29, 0.717) is 6.54 Å². The molecule has 2 nitrogen and oxygen atoms in total. The van der Waals surface area contributed by atoms with E-state index in [9.17, 15) is 0 Å². The predicted molar refractivity (Wildman–Crippen MR) is 67.9 cm³/mol. The van der Waals surface area contributed by atoms with Crippen LogP contribution in [-0.4, -0.2) is 6.54 Å². The molecule has 4 N–H and O–H groups in total. The van der Waals surface area contributed by atoms with Gasteiger partial charge < -0.3 is 11.5 Å². The first kappa shape index (κ1) is 10.9. The van der Waals surface area contributed by atoms with Crippen LogP contribution in [0.25, 0.3) is 11.1 Å². The molecule has 0 aliphatic rings. The Morgan fingerprint density at radius 3 is 2.19 bits per heavy atom. The summed E-state index contributed by atoms with van der Waals surface area (Å²) in [5.74, 6) is 0. The van der Waals surface area contributed by atoms with Gasteiger partial charge in [0.25, 0.3) is 0 Å². The van der Waals surface area contributed by atoms with Crippen molar-refractivity contribution in [2.45, 2.75) is 6.04 Å². The van der Waals surface area contributed by atoms with Crippen molar-refractivity contribution in [1.29, 1.82) is 0 Å². The summed E-state index contributed by atoms with van der Waals surface area (Å²) in [7, 11) is 0. The Balaban J connectivity index is 2.49. The van der Waals surface area contributed by atoms with E-state index in [4.69, 9.17) is 11.5 Å². The van der Waals surface area contributed by atoms with Crippen LogP contribution in [0.1, 0.15) is 11.6 Å². The van der Waals surface area contributed by atoms with Gasteiger partial charge in [0.05, 0.1) is 0 Å². The maximum atomic E-state index is 6.01. The summed E-state index contributed by atoms with van der Waals surface area (Å²) < 4.78 is 0.